The minimum Gasteiger partial charge on any atom is -0.376 e. The van der Waals surface area contributed by atoms with Crippen LogP contribution in [0.25, 0.3) is 0 Å². The van der Waals surface area contributed by atoms with Crippen LogP contribution in [0.15, 0.2) is 42.5 Å². The van der Waals surface area contributed by atoms with E-state index in [4.69, 9.17) is 16.3 Å². The number of rotatable bonds is 7. The third kappa shape index (κ3) is 5.71. The first-order chi connectivity index (χ1) is 13.5. The first-order valence-electron chi connectivity index (χ1n) is 9.31. The van der Waals surface area contributed by atoms with Crippen molar-refractivity contribution in [3.63, 3.8) is 0 Å². The van der Waals surface area contributed by atoms with E-state index >= 15 is 0 Å². The van der Waals surface area contributed by atoms with Gasteiger partial charge in [0.05, 0.1) is 12.6 Å². The van der Waals surface area contributed by atoms with Crippen LogP contribution in [0, 0.1) is 6.92 Å². The minimum absolute atomic E-state index is 0.107. The molecule has 0 bridgehead atoms. The molecular weight excluding hydrogens is 378 g/mol. The maximum Gasteiger partial charge on any atom is 0.251 e. The first-order valence-corrected chi connectivity index (χ1v) is 9.69. The lowest BCUT2D eigenvalue weighted by Crippen LogP contribution is -2.31. The molecule has 2 amide bonds. The molecule has 1 atom stereocenters. The molecule has 0 spiro atoms. The van der Waals surface area contributed by atoms with E-state index in [0.717, 1.165) is 30.7 Å². The average molecular weight is 402 g/mol. The Hall–Kier alpha value is -2.57. The quantitative estimate of drug-likeness (QED) is 0.662. The number of ether oxygens (including phenoxy) is 1. The van der Waals surface area contributed by atoms with Gasteiger partial charge in [-0.3, -0.25) is 9.59 Å². The highest BCUT2D eigenvalue weighted by Gasteiger charge is 2.16. The molecule has 1 aliphatic heterocycles. The zero-order valence-electron chi connectivity index (χ0n) is 15.8. The van der Waals surface area contributed by atoms with Crippen LogP contribution in [0.2, 0.25) is 5.02 Å². The second-order valence-corrected chi connectivity index (χ2v) is 7.20. The molecule has 2 aromatic carbocycles. The molecule has 1 saturated heterocycles. The van der Waals surface area contributed by atoms with Crippen molar-refractivity contribution in [1.82, 2.24) is 5.32 Å². The highest BCUT2D eigenvalue weighted by atomic mass is 35.5. The Labute approximate surface area is 169 Å². The van der Waals surface area contributed by atoms with E-state index in [9.17, 15) is 9.59 Å². The third-order valence-corrected chi connectivity index (χ3v) is 4.98. The maximum atomic E-state index is 12.2. The molecule has 3 N–H and O–H groups in total. The molecule has 1 aliphatic rings. The van der Waals surface area contributed by atoms with Crippen molar-refractivity contribution in [2.45, 2.75) is 25.9 Å². The molecule has 3 rings (SSSR count). The molecule has 7 heteroatoms. The molecule has 0 saturated carbocycles. The van der Waals surface area contributed by atoms with E-state index in [2.05, 4.69) is 16.0 Å². The van der Waals surface area contributed by atoms with Crippen molar-refractivity contribution < 1.29 is 14.3 Å². The molecule has 6 nitrogen and oxygen atoms in total. The van der Waals surface area contributed by atoms with Crippen LogP contribution in [0.4, 0.5) is 11.4 Å². The zero-order valence-corrected chi connectivity index (χ0v) is 16.5. The molecule has 148 valence electrons. The number of amides is 2. The maximum absolute atomic E-state index is 12.2. The Morgan fingerprint density at radius 1 is 1.14 bits per heavy atom. The summed E-state index contributed by atoms with van der Waals surface area (Å²) in [7, 11) is 0. The number of benzene rings is 2. The van der Waals surface area contributed by atoms with E-state index < -0.39 is 0 Å². The van der Waals surface area contributed by atoms with Gasteiger partial charge in [0.25, 0.3) is 5.91 Å². The summed E-state index contributed by atoms with van der Waals surface area (Å²) in [5, 5.41) is 9.33. The number of halogens is 1. The van der Waals surface area contributed by atoms with Gasteiger partial charge in [-0.05, 0) is 61.7 Å². The van der Waals surface area contributed by atoms with E-state index in [1.54, 1.807) is 30.3 Å². The number of anilines is 2. The van der Waals surface area contributed by atoms with Crippen LogP contribution in [-0.4, -0.2) is 37.6 Å². The summed E-state index contributed by atoms with van der Waals surface area (Å²) in [5.41, 5.74) is 2.94. The topological polar surface area (TPSA) is 79.5 Å². The Morgan fingerprint density at radius 2 is 1.89 bits per heavy atom. The largest absolute Gasteiger partial charge is 0.376 e. The molecule has 1 unspecified atom stereocenters. The van der Waals surface area contributed by atoms with E-state index in [1.165, 1.54) is 0 Å². The molecule has 0 radical (unpaired) electrons. The predicted octanol–water partition coefficient (Wildman–Crippen LogP) is 3.61. The smallest absolute Gasteiger partial charge is 0.251 e. The Morgan fingerprint density at radius 3 is 2.57 bits per heavy atom. The Balaban J connectivity index is 1.44. The monoisotopic (exact) mass is 401 g/mol. The van der Waals surface area contributed by atoms with Crippen molar-refractivity contribution in [2.24, 2.45) is 0 Å². The number of hydrogen-bond donors (Lipinski definition) is 3. The summed E-state index contributed by atoms with van der Waals surface area (Å²) in [6.07, 6.45) is 2.15. The molecular formula is C21H24ClN3O3. The average Bonchev–Trinajstić information content (AvgIpc) is 3.21. The standard InChI is InChI=1S/C21H24ClN3O3/c1-14-4-7-17(11-19(14)22)25-20(26)13-23-16-8-5-15(6-9-16)21(27)24-12-18-3-2-10-28-18/h4-9,11,18,23H,2-3,10,12-13H2,1H3,(H,24,27)(H,25,26). The van der Waals surface area contributed by atoms with Crippen molar-refractivity contribution >= 4 is 34.8 Å². The zero-order chi connectivity index (χ0) is 19.9. The van der Waals surface area contributed by atoms with Crippen molar-refractivity contribution in [3.05, 3.63) is 58.6 Å². The van der Waals surface area contributed by atoms with Gasteiger partial charge < -0.3 is 20.7 Å². The highest BCUT2D eigenvalue weighted by molar-refractivity contribution is 6.31. The van der Waals surface area contributed by atoms with Gasteiger partial charge in [-0.25, -0.2) is 0 Å². The number of carbonyl (C=O) groups is 2. The molecule has 2 aromatic rings. The van der Waals surface area contributed by atoms with Gasteiger partial charge in [0.2, 0.25) is 5.91 Å². The van der Waals surface area contributed by atoms with Crippen molar-refractivity contribution in [2.75, 3.05) is 30.3 Å². The molecule has 28 heavy (non-hydrogen) atoms. The van der Waals surface area contributed by atoms with Gasteiger partial charge in [-0.15, -0.1) is 0 Å². The van der Waals surface area contributed by atoms with E-state index in [1.807, 2.05) is 19.1 Å². The van der Waals surface area contributed by atoms with Crippen LogP contribution in [0.1, 0.15) is 28.8 Å². The summed E-state index contributed by atoms with van der Waals surface area (Å²) in [6, 6.07) is 12.4. The van der Waals surface area contributed by atoms with Gasteiger partial charge >= 0.3 is 0 Å². The van der Waals surface area contributed by atoms with Crippen LogP contribution in [-0.2, 0) is 9.53 Å². The fourth-order valence-electron chi connectivity index (χ4n) is 2.91. The summed E-state index contributed by atoms with van der Waals surface area (Å²) < 4.78 is 5.50. The first kappa shape index (κ1) is 20.2. The third-order valence-electron chi connectivity index (χ3n) is 4.57. The number of carbonyl (C=O) groups excluding carboxylic acids is 2. The Kier molecular flexibility index (Phi) is 6.90. The lowest BCUT2D eigenvalue weighted by Gasteiger charge is -2.11. The van der Waals surface area contributed by atoms with Crippen LogP contribution in [0.5, 0.6) is 0 Å². The Bertz CT molecular complexity index is 833. The summed E-state index contributed by atoms with van der Waals surface area (Å²) in [4.78, 5) is 24.2. The van der Waals surface area contributed by atoms with Gasteiger partial charge in [0.1, 0.15) is 0 Å². The minimum atomic E-state index is -0.182. The normalized spacial score (nSPS) is 15.9. The van der Waals surface area contributed by atoms with E-state index in [-0.39, 0.29) is 24.5 Å². The summed E-state index contributed by atoms with van der Waals surface area (Å²) >= 11 is 6.06. The fraction of sp³-hybridized carbons (Fsp3) is 0.333. The second-order valence-electron chi connectivity index (χ2n) is 6.79. The molecule has 1 heterocycles. The number of nitrogens with one attached hydrogen (secondary N) is 3. The fourth-order valence-corrected chi connectivity index (χ4v) is 3.09. The van der Waals surface area contributed by atoms with Gasteiger partial charge in [0, 0.05) is 35.1 Å². The van der Waals surface area contributed by atoms with Crippen molar-refractivity contribution in [3.8, 4) is 0 Å². The number of hydrogen-bond acceptors (Lipinski definition) is 4. The molecule has 0 aromatic heterocycles. The lowest BCUT2D eigenvalue weighted by atomic mass is 10.2. The van der Waals surface area contributed by atoms with Crippen LogP contribution >= 0.6 is 11.6 Å². The SMILES string of the molecule is Cc1ccc(NC(=O)CNc2ccc(C(=O)NCC3CCCO3)cc2)cc1Cl. The van der Waals surface area contributed by atoms with Crippen LogP contribution in [0.3, 0.4) is 0 Å². The summed E-state index contributed by atoms with van der Waals surface area (Å²) in [5.74, 6) is -0.311. The molecule has 1 fully saturated rings. The van der Waals surface area contributed by atoms with Gasteiger partial charge in [0.15, 0.2) is 0 Å². The second kappa shape index (κ2) is 9.57. The molecule has 0 aliphatic carbocycles. The van der Waals surface area contributed by atoms with Crippen molar-refractivity contribution in [1.29, 1.82) is 0 Å². The van der Waals surface area contributed by atoms with Gasteiger partial charge in [-0.1, -0.05) is 17.7 Å². The van der Waals surface area contributed by atoms with Crippen LogP contribution < -0.4 is 16.0 Å². The number of aryl methyl sites for hydroxylation is 1. The predicted molar refractivity (Wildman–Crippen MR) is 111 cm³/mol. The van der Waals surface area contributed by atoms with E-state index in [0.29, 0.717) is 22.8 Å². The highest BCUT2D eigenvalue weighted by Crippen LogP contribution is 2.20. The lowest BCUT2D eigenvalue weighted by molar-refractivity contribution is -0.114. The summed E-state index contributed by atoms with van der Waals surface area (Å²) in [6.45, 7) is 3.31. The van der Waals surface area contributed by atoms with Gasteiger partial charge in [-0.2, -0.15) is 0 Å².